The number of nitrogens with one attached hydrogen (secondary N) is 2. The van der Waals surface area contributed by atoms with Crippen molar-refractivity contribution in [1.82, 2.24) is 29.7 Å². The molecule has 2 rings (SSSR count). The van der Waals surface area contributed by atoms with E-state index in [-0.39, 0.29) is 24.9 Å². The van der Waals surface area contributed by atoms with Gasteiger partial charge in [-0.25, -0.2) is 25.1 Å². The van der Waals surface area contributed by atoms with Gasteiger partial charge in [-0.1, -0.05) is 13.3 Å². The first-order valence-electron chi connectivity index (χ1n) is 12.0. The van der Waals surface area contributed by atoms with Crippen LogP contribution in [0.5, 0.6) is 0 Å². The van der Waals surface area contributed by atoms with Gasteiger partial charge in [-0.3, -0.25) is 14.2 Å². The normalized spacial score (nSPS) is 15.9. The summed E-state index contributed by atoms with van der Waals surface area (Å²) in [5.41, 5.74) is 6.86. The van der Waals surface area contributed by atoms with E-state index in [1.165, 1.54) is 13.3 Å². The number of carbonyl (C=O) groups excluding carboxylic acids is 2. The Labute approximate surface area is 211 Å². The largest absolute Gasteiger partial charge is 0.465 e. The second kappa shape index (κ2) is 13.6. The number of nitrogen functional groups attached to an aromatic ring is 1. The lowest BCUT2D eigenvalue weighted by Gasteiger charge is -2.27. The molecule has 14 heteroatoms. The zero-order valence-electron chi connectivity index (χ0n) is 21.8. The number of unbranched alkanes of at least 4 members (excludes halogenated alkanes) is 1. The maximum atomic E-state index is 13.8. The summed E-state index contributed by atoms with van der Waals surface area (Å²) in [5.74, 6) is -0.842. The van der Waals surface area contributed by atoms with Gasteiger partial charge in [0.25, 0.3) is 0 Å². The lowest BCUT2D eigenvalue weighted by molar-refractivity contribution is -0.149. The quantitative estimate of drug-likeness (QED) is 0.175. The number of nitrogens with zero attached hydrogens (tertiary/aromatic N) is 4. The van der Waals surface area contributed by atoms with E-state index in [0.717, 1.165) is 12.8 Å². The van der Waals surface area contributed by atoms with Crippen molar-refractivity contribution in [3.63, 3.8) is 0 Å². The zero-order chi connectivity index (χ0) is 26.9. The third-order valence-electron chi connectivity index (χ3n) is 5.03. The molecule has 0 aliphatic carbocycles. The van der Waals surface area contributed by atoms with Crippen LogP contribution >= 0.6 is 7.44 Å². The Morgan fingerprint density at radius 2 is 1.75 bits per heavy atom. The van der Waals surface area contributed by atoms with Crippen molar-refractivity contribution >= 4 is 36.4 Å². The summed E-state index contributed by atoms with van der Waals surface area (Å²) < 4.78 is 31.9. The fraction of sp³-hybridized carbons (Fsp3) is 0.682. The molecule has 1 unspecified atom stereocenters. The van der Waals surface area contributed by atoms with Gasteiger partial charge in [-0.2, -0.15) is 0 Å². The van der Waals surface area contributed by atoms with Crippen LogP contribution in [0.3, 0.4) is 0 Å². The third-order valence-corrected chi connectivity index (χ3v) is 7.15. The molecule has 2 aromatic heterocycles. The topological polar surface area (TPSA) is 173 Å². The van der Waals surface area contributed by atoms with Crippen LogP contribution in [0.2, 0.25) is 0 Å². The highest BCUT2D eigenvalue weighted by molar-refractivity contribution is 7.59. The molecule has 2 heterocycles. The Balaban J connectivity index is 2.09. The SMILES string of the molecule is CCCCOC(=O)[C@H](C)NP(=O)(CO[C@H](C)Cn1cnc2c(N)ncnc21)N[C@@H](C)C(=O)OC(C)C. The van der Waals surface area contributed by atoms with E-state index >= 15 is 0 Å². The van der Waals surface area contributed by atoms with Gasteiger partial charge < -0.3 is 24.5 Å². The van der Waals surface area contributed by atoms with Crippen molar-refractivity contribution in [2.75, 3.05) is 18.7 Å². The van der Waals surface area contributed by atoms with Crippen LogP contribution in [0.15, 0.2) is 12.7 Å². The number of ether oxygens (including phenoxy) is 3. The predicted octanol–water partition coefficient (Wildman–Crippen LogP) is 2.22. The first-order valence-corrected chi connectivity index (χ1v) is 13.9. The summed E-state index contributed by atoms with van der Waals surface area (Å²) in [4.78, 5) is 37.0. The van der Waals surface area contributed by atoms with Crippen molar-refractivity contribution in [3.8, 4) is 0 Å². The monoisotopic (exact) mass is 527 g/mol. The third kappa shape index (κ3) is 8.81. The van der Waals surface area contributed by atoms with Crippen molar-refractivity contribution in [2.24, 2.45) is 0 Å². The van der Waals surface area contributed by atoms with Crippen molar-refractivity contribution in [2.45, 2.75) is 85.2 Å². The lowest BCUT2D eigenvalue weighted by atomic mass is 10.3. The molecule has 0 saturated heterocycles. The molecule has 0 aliphatic heterocycles. The van der Waals surface area contributed by atoms with Gasteiger partial charge >= 0.3 is 11.9 Å². The number of hydrogen-bond acceptors (Lipinski definition) is 10. The second-order valence-corrected chi connectivity index (χ2v) is 11.1. The van der Waals surface area contributed by atoms with E-state index < -0.39 is 37.6 Å². The van der Waals surface area contributed by atoms with E-state index in [0.29, 0.717) is 17.7 Å². The minimum absolute atomic E-state index is 0.271. The van der Waals surface area contributed by atoms with E-state index in [4.69, 9.17) is 19.9 Å². The standard InChI is InChI=1S/C22H38N7O6P/c1-7-8-9-33-21(30)16(5)27-36(32,28-17(6)22(31)35-14(2)3)13-34-15(4)10-29-12-26-18-19(23)24-11-25-20(18)29/h11-12,14-17H,7-10,13H2,1-6H3,(H2,23,24,25)(H2,27,28,32)/t15-,16+,17+,36?/m1/s1. The molecule has 202 valence electrons. The van der Waals surface area contributed by atoms with Gasteiger partial charge in [-0.15, -0.1) is 0 Å². The number of hydrogen-bond donors (Lipinski definition) is 3. The average molecular weight is 528 g/mol. The number of imidazole rings is 1. The van der Waals surface area contributed by atoms with E-state index in [9.17, 15) is 14.2 Å². The molecule has 2 aromatic rings. The summed E-state index contributed by atoms with van der Waals surface area (Å²) in [6, 6.07) is -1.81. The molecule has 0 bridgehead atoms. The van der Waals surface area contributed by atoms with E-state index in [1.54, 1.807) is 38.6 Å². The minimum atomic E-state index is -3.62. The van der Waals surface area contributed by atoms with Crippen LogP contribution < -0.4 is 15.9 Å². The van der Waals surface area contributed by atoms with Crippen LogP contribution in [0.1, 0.15) is 54.4 Å². The number of aromatic nitrogens is 4. The fourth-order valence-electron chi connectivity index (χ4n) is 3.21. The number of carbonyl (C=O) groups is 2. The molecule has 13 nitrogen and oxygen atoms in total. The molecule has 0 spiro atoms. The van der Waals surface area contributed by atoms with Crippen molar-refractivity contribution in [3.05, 3.63) is 12.7 Å². The molecule has 4 atom stereocenters. The van der Waals surface area contributed by atoms with Crippen molar-refractivity contribution < 1.29 is 28.4 Å². The van der Waals surface area contributed by atoms with Crippen LogP contribution in [-0.2, 0) is 34.9 Å². The van der Waals surface area contributed by atoms with E-state index in [1.807, 2.05) is 6.92 Å². The number of esters is 2. The molecular formula is C22H38N7O6P. The Hall–Kier alpha value is -2.60. The molecular weight excluding hydrogens is 489 g/mol. The van der Waals surface area contributed by atoms with Gasteiger partial charge in [0.05, 0.1) is 31.7 Å². The van der Waals surface area contributed by atoms with Crippen LogP contribution in [0, 0.1) is 0 Å². The maximum Gasteiger partial charge on any atom is 0.323 e. The second-order valence-electron chi connectivity index (χ2n) is 8.88. The highest BCUT2D eigenvalue weighted by Crippen LogP contribution is 2.38. The van der Waals surface area contributed by atoms with E-state index in [2.05, 4.69) is 25.1 Å². The molecule has 0 aliphatic rings. The van der Waals surface area contributed by atoms with Crippen LogP contribution in [0.4, 0.5) is 5.82 Å². The summed E-state index contributed by atoms with van der Waals surface area (Å²) in [6.07, 6.45) is 3.46. The summed E-state index contributed by atoms with van der Waals surface area (Å²) in [6.45, 7) is 10.9. The van der Waals surface area contributed by atoms with Crippen LogP contribution in [-0.4, -0.2) is 68.7 Å². The fourth-order valence-corrected chi connectivity index (χ4v) is 5.36. The van der Waals surface area contributed by atoms with Crippen molar-refractivity contribution in [1.29, 1.82) is 0 Å². The van der Waals surface area contributed by atoms with Gasteiger partial charge in [0.15, 0.2) is 11.5 Å². The summed E-state index contributed by atoms with van der Waals surface area (Å²) in [5, 5.41) is 5.58. The Morgan fingerprint density at radius 1 is 1.08 bits per heavy atom. The molecule has 4 N–H and O–H groups in total. The molecule has 0 aromatic carbocycles. The molecule has 0 fully saturated rings. The first kappa shape index (κ1) is 29.6. The Bertz CT molecular complexity index is 1060. The maximum absolute atomic E-state index is 13.8. The predicted molar refractivity (Wildman–Crippen MR) is 135 cm³/mol. The summed E-state index contributed by atoms with van der Waals surface area (Å²) >= 11 is 0. The van der Waals surface area contributed by atoms with Crippen LogP contribution in [0.25, 0.3) is 11.2 Å². The lowest BCUT2D eigenvalue weighted by Crippen LogP contribution is -2.43. The highest BCUT2D eigenvalue weighted by atomic mass is 31.2. The number of nitrogens with two attached hydrogens (primary N) is 1. The number of rotatable bonds is 15. The Morgan fingerprint density at radius 3 is 2.39 bits per heavy atom. The van der Waals surface area contributed by atoms with Gasteiger partial charge in [0.1, 0.15) is 30.3 Å². The van der Waals surface area contributed by atoms with Gasteiger partial charge in [0.2, 0.25) is 7.44 Å². The molecule has 0 saturated carbocycles. The minimum Gasteiger partial charge on any atom is -0.465 e. The average Bonchev–Trinajstić information content (AvgIpc) is 3.21. The first-order chi connectivity index (χ1) is 17.0. The highest BCUT2D eigenvalue weighted by Gasteiger charge is 2.33. The molecule has 36 heavy (non-hydrogen) atoms. The zero-order valence-corrected chi connectivity index (χ0v) is 22.7. The molecule has 0 radical (unpaired) electrons. The molecule has 0 amide bonds. The van der Waals surface area contributed by atoms with Gasteiger partial charge in [0, 0.05) is 0 Å². The number of anilines is 1. The smallest absolute Gasteiger partial charge is 0.323 e. The Kier molecular flexibility index (Phi) is 11.2. The van der Waals surface area contributed by atoms with Gasteiger partial charge in [-0.05, 0) is 41.0 Å². The number of fused-ring (bicyclic) bond motifs is 1. The summed E-state index contributed by atoms with van der Waals surface area (Å²) in [7, 11) is -3.62.